The van der Waals surface area contributed by atoms with Crippen LogP contribution in [0.3, 0.4) is 0 Å². The summed E-state index contributed by atoms with van der Waals surface area (Å²) in [6, 6.07) is 8.08. The maximum absolute atomic E-state index is 13.1. The fourth-order valence-corrected chi connectivity index (χ4v) is 2.91. The molecule has 21 heavy (non-hydrogen) atoms. The van der Waals surface area contributed by atoms with Gasteiger partial charge in [-0.1, -0.05) is 0 Å². The number of anilines is 2. The van der Waals surface area contributed by atoms with E-state index in [-0.39, 0.29) is 16.3 Å². The number of benzene rings is 1. The molecule has 6 nitrogen and oxygen atoms in total. The minimum atomic E-state index is -4.00. The Hall–Kier alpha value is -2.66. The van der Waals surface area contributed by atoms with Crippen LogP contribution in [0, 0.1) is 17.1 Å². The van der Waals surface area contributed by atoms with Crippen molar-refractivity contribution in [3.8, 4) is 6.07 Å². The van der Waals surface area contributed by atoms with Crippen LogP contribution in [0.5, 0.6) is 0 Å². The Morgan fingerprint density at radius 1 is 1.29 bits per heavy atom. The van der Waals surface area contributed by atoms with Gasteiger partial charge in [0.25, 0.3) is 10.0 Å². The Labute approximate surface area is 121 Å². The number of halogens is 1. The molecule has 0 atom stereocenters. The lowest BCUT2D eigenvalue weighted by atomic mass is 10.2. The van der Waals surface area contributed by atoms with Crippen LogP contribution in [0.15, 0.2) is 41.6 Å². The van der Waals surface area contributed by atoms with Gasteiger partial charge >= 0.3 is 0 Å². The Balaban J connectivity index is 2.46. The predicted octanol–water partition coefficient (Wildman–Crippen LogP) is 1.93. The predicted molar refractivity (Wildman–Crippen MR) is 75.7 cm³/mol. The second kappa shape index (κ2) is 5.76. The van der Waals surface area contributed by atoms with E-state index in [0.717, 1.165) is 12.1 Å². The van der Waals surface area contributed by atoms with E-state index in [1.807, 2.05) is 0 Å². The van der Waals surface area contributed by atoms with Crippen molar-refractivity contribution in [1.29, 1.82) is 5.26 Å². The van der Waals surface area contributed by atoms with E-state index in [9.17, 15) is 12.8 Å². The average Bonchev–Trinajstić information content (AvgIpc) is 2.48. The molecule has 0 saturated heterocycles. The molecule has 1 aromatic heterocycles. The molecule has 0 saturated carbocycles. The Morgan fingerprint density at radius 3 is 2.71 bits per heavy atom. The molecule has 1 heterocycles. The van der Waals surface area contributed by atoms with E-state index in [4.69, 9.17) is 5.26 Å². The van der Waals surface area contributed by atoms with Gasteiger partial charge in [0.2, 0.25) is 0 Å². The highest BCUT2D eigenvalue weighted by molar-refractivity contribution is 7.92. The number of hydrogen-bond acceptors (Lipinski definition) is 5. The van der Waals surface area contributed by atoms with Crippen LogP contribution < -0.4 is 10.0 Å². The van der Waals surface area contributed by atoms with E-state index in [0.29, 0.717) is 5.69 Å². The molecule has 2 aromatic rings. The van der Waals surface area contributed by atoms with E-state index >= 15 is 0 Å². The third-order valence-electron chi connectivity index (χ3n) is 2.64. The number of aromatic nitrogens is 1. The lowest BCUT2D eigenvalue weighted by molar-refractivity contribution is 0.597. The molecule has 0 bridgehead atoms. The zero-order valence-electron chi connectivity index (χ0n) is 11.0. The minimum absolute atomic E-state index is 0.00777. The molecule has 0 aliphatic carbocycles. The summed E-state index contributed by atoms with van der Waals surface area (Å²) in [7, 11) is -2.43. The molecule has 0 amide bonds. The van der Waals surface area contributed by atoms with Gasteiger partial charge in [0, 0.05) is 13.2 Å². The van der Waals surface area contributed by atoms with Crippen molar-refractivity contribution in [1.82, 2.24) is 4.98 Å². The van der Waals surface area contributed by atoms with Gasteiger partial charge in [0.15, 0.2) is 5.03 Å². The highest BCUT2D eigenvalue weighted by atomic mass is 32.2. The average molecular weight is 306 g/mol. The summed E-state index contributed by atoms with van der Waals surface area (Å²) in [5, 5.41) is 11.4. The van der Waals surface area contributed by atoms with Gasteiger partial charge in [0.1, 0.15) is 11.9 Å². The van der Waals surface area contributed by atoms with Gasteiger partial charge in [-0.15, -0.1) is 0 Å². The number of nitrogens with one attached hydrogen (secondary N) is 2. The van der Waals surface area contributed by atoms with Crippen LogP contribution in [-0.4, -0.2) is 20.4 Å². The molecule has 108 valence electrons. The molecule has 1 aromatic carbocycles. The first kappa shape index (κ1) is 14.7. The monoisotopic (exact) mass is 306 g/mol. The van der Waals surface area contributed by atoms with Gasteiger partial charge in [-0.2, -0.15) is 13.7 Å². The van der Waals surface area contributed by atoms with Crippen molar-refractivity contribution in [2.24, 2.45) is 0 Å². The van der Waals surface area contributed by atoms with Crippen molar-refractivity contribution in [2.45, 2.75) is 5.03 Å². The van der Waals surface area contributed by atoms with Crippen molar-refractivity contribution >= 4 is 21.4 Å². The molecule has 2 N–H and O–H groups in total. The second-order valence-electron chi connectivity index (χ2n) is 4.01. The number of nitriles is 1. The molecule has 8 heteroatoms. The zero-order valence-corrected chi connectivity index (χ0v) is 11.8. The summed E-state index contributed by atoms with van der Waals surface area (Å²) in [5.41, 5.74) is 0.192. The zero-order chi connectivity index (χ0) is 15.5. The maximum Gasteiger partial charge on any atom is 0.281 e. The summed E-state index contributed by atoms with van der Waals surface area (Å²) in [6.07, 6.45) is 1.34. The lowest BCUT2D eigenvalue weighted by Gasteiger charge is -2.11. The van der Waals surface area contributed by atoms with E-state index in [2.05, 4.69) is 15.0 Å². The molecule has 0 aliphatic heterocycles. The summed E-state index contributed by atoms with van der Waals surface area (Å²) >= 11 is 0. The third kappa shape index (κ3) is 3.09. The molecular formula is C13H11FN4O2S. The Bertz CT molecular complexity index is 815. The largest absolute Gasteiger partial charge is 0.386 e. The topological polar surface area (TPSA) is 94.9 Å². The third-order valence-corrected chi connectivity index (χ3v) is 3.96. The van der Waals surface area contributed by atoms with Gasteiger partial charge in [-0.05, 0) is 30.3 Å². The van der Waals surface area contributed by atoms with E-state index < -0.39 is 15.8 Å². The van der Waals surface area contributed by atoms with Crippen molar-refractivity contribution in [2.75, 3.05) is 17.1 Å². The normalized spacial score (nSPS) is 10.7. The number of sulfonamides is 1. The van der Waals surface area contributed by atoms with Gasteiger partial charge < -0.3 is 5.32 Å². The molecule has 0 fully saturated rings. The number of hydrogen-bond donors (Lipinski definition) is 2. The van der Waals surface area contributed by atoms with E-state index in [1.165, 1.54) is 12.3 Å². The fraction of sp³-hybridized carbons (Fsp3) is 0.0769. The number of nitrogens with zero attached hydrogens (tertiary/aromatic N) is 2. The molecule has 0 spiro atoms. The summed E-state index contributed by atoms with van der Waals surface area (Å²) in [5.74, 6) is -0.622. The quantitative estimate of drug-likeness (QED) is 0.900. The van der Waals surface area contributed by atoms with Crippen LogP contribution in [0.4, 0.5) is 15.8 Å². The lowest BCUT2D eigenvalue weighted by Crippen LogP contribution is -2.17. The Kier molecular flexibility index (Phi) is 4.05. The molecule has 0 aliphatic rings. The van der Waals surface area contributed by atoms with Gasteiger partial charge in [0.05, 0.1) is 16.9 Å². The van der Waals surface area contributed by atoms with Gasteiger partial charge in [-0.25, -0.2) is 9.37 Å². The highest BCUT2D eigenvalue weighted by Crippen LogP contribution is 2.23. The van der Waals surface area contributed by atoms with Crippen LogP contribution in [0.2, 0.25) is 0 Å². The van der Waals surface area contributed by atoms with Crippen LogP contribution in [-0.2, 0) is 10.0 Å². The highest BCUT2D eigenvalue weighted by Gasteiger charge is 2.21. The van der Waals surface area contributed by atoms with Crippen LogP contribution in [0.25, 0.3) is 0 Å². The number of pyridine rings is 1. The SMILES string of the molecule is CNc1cccnc1S(=O)(=O)Nc1ccc(F)cc1C#N. The van der Waals surface area contributed by atoms with Crippen molar-refractivity contribution < 1.29 is 12.8 Å². The first-order chi connectivity index (χ1) is 9.97. The Morgan fingerprint density at radius 2 is 2.05 bits per heavy atom. The summed E-state index contributed by atoms with van der Waals surface area (Å²) in [6.45, 7) is 0. The second-order valence-corrected chi connectivity index (χ2v) is 5.61. The van der Waals surface area contributed by atoms with Crippen molar-refractivity contribution in [3.63, 3.8) is 0 Å². The first-order valence-electron chi connectivity index (χ1n) is 5.83. The summed E-state index contributed by atoms with van der Waals surface area (Å²) in [4.78, 5) is 3.82. The molecular weight excluding hydrogens is 295 g/mol. The summed E-state index contributed by atoms with van der Waals surface area (Å²) < 4.78 is 39.9. The first-order valence-corrected chi connectivity index (χ1v) is 7.31. The standard InChI is InChI=1S/C13H11FN4O2S/c1-16-12-3-2-6-17-13(12)21(19,20)18-11-5-4-10(14)7-9(11)8-15/h2-7,16,18H,1H3. The van der Waals surface area contributed by atoms with Crippen LogP contribution >= 0.6 is 0 Å². The minimum Gasteiger partial charge on any atom is -0.386 e. The molecule has 0 radical (unpaired) electrons. The van der Waals surface area contributed by atoms with E-state index in [1.54, 1.807) is 25.2 Å². The molecule has 0 unspecified atom stereocenters. The maximum atomic E-state index is 13.1. The fourth-order valence-electron chi connectivity index (χ4n) is 1.69. The van der Waals surface area contributed by atoms with Gasteiger partial charge in [-0.3, -0.25) is 4.72 Å². The smallest absolute Gasteiger partial charge is 0.281 e. The number of rotatable bonds is 4. The van der Waals surface area contributed by atoms with Crippen LogP contribution in [0.1, 0.15) is 5.56 Å². The molecule has 2 rings (SSSR count). The van der Waals surface area contributed by atoms with Crippen molar-refractivity contribution in [3.05, 3.63) is 47.9 Å².